The maximum absolute atomic E-state index is 6.05. The summed E-state index contributed by atoms with van der Waals surface area (Å²) in [5, 5.41) is 0. The molecule has 0 aliphatic rings. The van der Waals surface area contributed by atoms with Gasteiger partial charge in [0.15, 0.2) is 0 Å². The van der Waals surface area contributed by atoms with Crippen LogP contribution in [0.1, 0.15) is 31.5 Å². The topological polar surface area (TPSA) is 38.9 Å². The van der Waals surface area contributed by atoms with Crippen molar-refractivity contribution in [3.63, 3.8) is 0 Å². The Morgan fingerprint density at radius 1 is 1.50 bits per heavy atom. The fourth-order valence-corrected chi connectivity index (χ4v) is 1.01. The molecule has 0 spiro atoms. The van der Waals surface area contributed by atoms with Gasteiger partial charge in [-0.3, -0.25) is 4.98 Å². The van der Waals surface area contributed by atoms with Gasteiger partial charge in [0.2, 0.25) is 0 Å². The van der Waals surface area contributed by atoms with Crippen LogP contribution in [0.2, 0.25) is 0 Å². The Hall–Kier alpha value is -0.890. The maximum Gasteiger partial charge on any atom is 0.0393 e. The molecule has 0 saturated carbocycles. The molecule has 1 unspecified atom stereocenters. The van der Waals surface area contributed by atoms with Gasteiger partial charge >= 0.3 is 0 Å². The summed E-state index contributed by atoms with van der Waals surface area (Å²) >= 11 is 0. The lowest BCUT2D eigenvalue weighted by Crippen LogP contribution is -2.31. The van der Waals surface area contributed by atoms with Crippen molar-refractivity contribution in [1.29, 1.82) is 0 Å². The smallest absolute Gasteiger partial charge is 0.0393 e. The molecule has 1 atom stereocenters. The van der Waals surface area contributed by atoms with Gasteiger partial charge in [-0.25, -0.2) is 0 Å². The van der Waals surface area contributed by atoms with Gasteiger partial charge in [-0.05, 0) is 31.9 Å². The molecule has 1 aromatic rings. The first-order valence-electron chi connectivity index (χ1n) is 4.28. The van der Waals surface area contributed by atoms with Crippen LogP contribution in [0, 0.1) is 6.92 Å². The van der Waals surface area contributed by atoms with Gasteiger partial charge in [0.1, 0.15) is 0 Å². The van der Waals surface area contributed by atoms with Gasteiger partial charge in [-0.15, -0.1) is 0 Å². The molecule has 2 heteroatoms. The lowest BCUT2D eigenvalue weighted by atomic mass is 9.92. The van der Waals surface area contributed by atoms with Crippen LogP contribution in [-0.4, -0.2) is 4.98 Å². The van der Waals surface area contributed by atoms with Crippen LogP contribution in [-0.2, 0) is 5.54 Å². The summed E-state index contributed by atoms with van der Waals surface area (Å²) in [4.78, 5) is 4.21. The molecule has 0 saturated heterocycles. The molecule has 0 aliphatic carbocycles. The fraction of sp³-hybridized carbons (Fsp3) is 0.500. The molecule has 12 heavy (non-hydrogen) atoms. The Morgan fingerprint density at radius 2 is 2.17 bits per heavy atom. The Balaban J connectivity index is 2.96. The monoisotopic (exact) mass is 164 g/mol. The molecule has 0 aromatic carbocycles. The molecule has 0 bridgehead atoms. The van der Waals surface area contributed by atoms with Crippen molar-refractivity contribution in [3.8, 4) is 0 Å². The van der Waals surface area contributed by atoms with Crippen LogP contribution in [0.15, 0.2) is 18.3 Å². The van der Waals surface area contributed by atoms with Crippen molar-refractivity contribution in [2.75, 3.05) is 0 Å². The zero-order chi connectivity index (χ0) is 9.19. The third-order valence-electron chi connectivity index (χ3n) is 2.31. The summed E-state index contributed by atoms with van der Waals surface area (Å²) in [7, 11) is 0. The SMILES string of the molecule is CCC(C)(N)c1ccc(C)nc1. The normalized spacial score (nSPS) is 15.7. The molecule has 1 aromatic heterocycles. The van der Waals surface area contributed by atoms with E-state index in [-0.39, 0.29) is 5.54 Å². The molecule has 2 N–H and O–H groups in total. The standard InChI is InChI=1S/C10H16N2/c1-4-10(3,11)9-6-5-8(2)12-7-9/h5-7H,4,11H2,1-3H3. The van der Waals surface area contributed by atoms with Gasteiger partial charge in [-0.2, -0.15) is 0 Å². The average Bonchev–Trinajstić information content (AvgIpc) is 2.05. The molecular formula is C10H16N2. The van der Waals surface area contributed by atoms with Gasteiger partial charge in [0.25, 0.3) is 0 Å². The van der Waals surface area contributed by atoms with Gasteiger partial charge in [0.05, 0.1) is 0 Å². The summed E-state index contributed by atoms with van der Waals surface area (Å²) in [5.41, 5.74) is 7.95. The molecule has 1 heterocycles. The average molecular weight is 164 g/mol. The quantitative estimate of drug-likeness (QED) is 0.725. The van der Waals surface area contributed by atoms with Crippen LogP contribution in [0.25, 0.3) is 0 Å². The van der Waals surface area contributed by atoms with Gasteiger partial charge in [-0.1, -0.05) is 13.0 Å². The first kappa shape index (κ1) is 9.20. The lowest BCUT2D eigenvalue weighted by molar-refractivity contribution is 0.474. The summed E-state index contributed by atoms with van der Waals surface area (Å²) in [6.45, 7) is 6.09. The molecule has 1 rings (SSSR count). The van der Waals surface area contributed by atoms with E-state index < -0.39 is 0 Å². The molecule has 0 radical (unpaired) electrons. The Labute approximate surface area is 73.8 Å². The summed E-state index contributed by atoms with van der Waals surface area (Å²) in [6, 6.07) is 4.04. The second-order valence-corrected chi connectivity index (χ2v) is 3.46. The Morgan fingerprint density at radius 3 is 2.58 bits per heavy atom. The predicted molar refractivity (Wildman–Crippen MR) is 50.8 cm³/mol. The van der Waals surface area contributed by atoms with Crippen LogP contribution in [0.4, 0.5) is 0 Å². The van der Waals surface area contributed by atoms with Crippen molar-refractivity contribution in [3.05, 3.63) is 29.6 Å². The zero-order valence-corrected chi connectivity index (χ0v) is 7.96. The molecule has 0 amide bonds. The highest BCUT2D eigenvalue weighted by molar-refractivity contribution is 5.20. The number of nitrogens with zero attached hydrogens (tertiary/aromatic N) is 1. The van der Waals surface area contributed by atoms with E-state index in [4.69, 9.17) is 5.73 Å². The van der Waals surface area contributed by atoms with Crippen molar-refractivity contribution in [2.24, 2.45) is 5.73 Å². The highest BCUT2D eigenvalue weighted by Gasteiger charge is 2.17. The minimum atomic E-state index is -0.235. The number of hydrogen-bond donors (Lipinski definition) is 1. The minimum Gasteiger partial charge on any atom is -0.322 e. The summed E-state index contributed by atoms with van der Waals surface area (Å²) in [5.74, 6) is 0. The van der Waals surface area contributed by atoms with Crippen molar-refractivity contribution >= 4 is 0 Å². The third kappa shape index (κ3) is 1.83. The van der Waals surface area contributed by atoms with E-state index >= 15 is 0 Å². The Kier molecular flexibility index (Phi) is 2.48. The van der Waals surface area contributed by atoms with E-state index in [1.165, 1.54) is 0 Å². The van der Waals surface area contributed by atoms with Gasteiger partial charge in [0, 0.05) is 17.4 Å². The summed E-state index contributed by atoms with van der Waals surface area (Å²) in [6.07, 6.45) is 2.79. The van der Waals surface area contributed by atoms with Crippen molar-refractivity contribution < 1.29 is 0 Å². The maximum atomic E-state index is 6.05. The number of pyridine rings is 1. The highest BCUT2D eigenvalue weighted by Crippen LogP contribution is 2.19. The molecule has 2 nitrogen and oxygen atoms in total. The lowest BCUT2D eigenvalue weighted by Gasteiger charge is -2.22. The zero-order valence-electron chi connectivity index (χ0n) is 7.96. The third-order valence-corrected chi connectivity index (χ3v) is 2.31. The van der Waals surface area contributed by atoms with E-state index in [1.807, 2.05) is 32.2 Å². The van der Waals surface area contributed by atoms with Crippen LogP contribution in [0.3, 0.4) is 0 Å². The largest absolute Gasteiger partial charge is 0.322 e. The first-order chi connectivity index (χ1) is 5.56. The van der Waals surface area contributed by atoms with E-state index in [9.17, 15) is 0 Å². The minimum absolute atomic E-state index is 0.235. The van der Waals surface area contributed by atoms with Crippen LogP contribution >= 0.6 is 0 Å². The summed E-state index contributed by atoms with van der Waals surface area (Å²) < 4.78 is 0. The number of aromatic nitrogens is 1. The van der Waals surface area contributed by atoms with Crippen molar-refractivity contribution in [2.45, 2.75) is 32.7 Å². The van der Waals surface area contributed by atoms with E-state index in [1.54, 1.807) is 0 Å². The molecular weight excluding hydrogens is 148 g/mol. The number of nitrogens with two attached hydrogens (primary N) is 1. The highest BCUT2D eigenvalue weighted by atomic mass is 14.7. The van der Waals surface area contributed by atoms with E-state index in [0.29, 0.717) is 0 Å². The van der Waals surface area contributed by atoms with E-state index in [2.05, 4.69) is 11.9 Å². The molecule has 66 valence electrons. The molecule has 0 fully saturated rings. The van der Waals surface area contributed by atoms with E-state index in [0.717, 1.165) is 17.7 Å². The van der Waals surface area contributed by atoms with Gasteiger partial charge < -0.3 is 5.73 Å². The predicted octanol–water partition coefficient (Wildman–Crippen LogP) is 1.97. The number of hydrogen-bond acceptors (Lipinski definition) is 2. The number of aryl methyl sites for hydroxylation is 1. The first-order valence-corrected chi connectivity index (χ1v) is 4.28. The second kappa shape index (κ2) is 3.23. The Bertz CT molecular complexity index is 249. The second-order valence-electron chi connectivity index (χ2n) is 3.46. The van der Waals surface area contributed by atoms with Crippen LogP contribution in [0.5, 0.6) is 0 Å². The van der Waals surface area contributed by atoms with Crippen molar-refractivity contribution in [1.82, 2.24) is 4.98 Å². The molecule has 0 aliphatic heterocycles. The fourth-order valence-electron chi connectivity index (χ4n) is 1.01. The van der Waals surface area contributed by atoms with Crippen LogP contribution < -0.4 is 5.73 Å². The number of rotatable bonds is 2.